The molecular weight excluding hydrogens is 751 g/mol. The lowest BCUT2D eigenvalue weighted by Crippen LogP contribution is -2.29. The van der Waals surface area contributed by atoms with Crippen LogP contribution in [-0.4, -0.2) is 23.7 Å². The van der Waals surface area contributed by atoms with Gasteiger partial charge in [-0.3, -0.25) is 30.4 Å². The first-order valence-electron chi connectivity index (χ1n) is 17.5. The van der Waals surface area contributed by atoms with Gasteiger partial charge in [-0.25, -0.2) is 9.59 Å². The molecule has 55 heavy (non-hydrogen) atoms. The van der Waals surface area contributed by atoms with Gasteiger partial charge in [0, 0.05) is 16.4 Å². The van der Waals surface area contributed by atoms with Crippen molar-refractivity contribution in [1.82, 2.24) is 10.6 Å². The van der Waals surface area contributed by atoms with Gasteiger partial charge in [-0.2, -0.15) is 0 Å². The molecule has 2 aliphatic heterocycles. The first kappa shape index (κ1) is 37.4. The summed E-state index contributed by atoms with van der Waals surface area (Å²) in [4.78, 5) is 38.4. The van der Waals surface area contributed by atoms with Gasteiger partial charge in [0.2, 0.25) is 0 Å². The Morgan fingerprint density at radius 1 is 0.473 bits per heavy atom. The zero-order valence-corrected chi connectivity index (χ0v) is 31.7. The molecule has 8 rings (SSSR count). The molecule has 2 fully saturated rings. The van der Waals surface area contributed by atoms with Gasteiger partial charge in [0.15, 0.2) is 0 Å². The van der Waals surface area contributed by atoms with Crippen molar-refractivity contribution in [2.45, 2.75) is 25.2 Å². The Labute approximate surface area is 334 Å². The van der Waals surface area contributed by atoms with Gasteiger partial charge < -0.3 is 0 Å². The van der Waals surface area contributed by atoms with Crippen LogP contribution in [-0.2, 0) is 13.1 Å². The van der Waals surface area contributed by atoms with Crippen LogP contribution in [0.5, 0.6) is 0 Å². The molecule has 0 spiro atoms. The molecule has 11 heteroatoms. The molecule has 2 atom stereocenters. The lowest BCUT2D eigenvalue weighted by Gasteiger charge is -2.23. The number of halogens is 3. The van der Waals surface area contributed by atoms with E-state index in [0.29, 0.717) is 45.5 Å². The van der Waals surface area contributed by atoms with Gasteiger partial charge in [-0.1, -0.05) is 156 Å². The van der Waals surface area contributed by atoms with Crippen molar-refractivity contribution in [2.24, 2.45) is 9.98 Å². The number of rotatable bonds is 8. The Morgan fingerprint density at radius 2 is 0.873 bits per heavy atom. The number of aliphatic imine (C=N–C) groups is 2. The largest absolute Gasteiger partial charge is 0.328 e. The van der Waals surface area contributed by atoms with Crippen LogP contribution < -0.4 is 20.4 Å². The maximum Gasteiger partial charge on any atom is 0.328 e. The number of amides is 4. The second kappa shape index (κ2) is 17.5. The minimum absolute atomic E-state index is 0.196. The van der Waals surface area contributed by atoms with Crippen molar-refractivity contribution in [1.29, 1.82) is 0 Å². The highest BCUT2D eigenvalue weighted by molar-refractivity contribution is 6.42. The zero-order chi connectivity index (χ0) is 38.1. The van der Waals surface area contributed by atoms with Crippen LogP contribution in [0.15, 0.2) is 174 Å². The van der Waals surface area contributed by atoms with Crippen molar-refractivity contribution < 1.29 is 9.59 Å². The molecule has 2 aliphatic rings. The number of urea groups is 2. The monoisotopic (exact) mass is 784 g/mol. The Kier molecular flexibility index (Phi) is 11.9. The molecule has 0 radical (unpaired) electrons. The third-order valence-corrected chi connectivity index (χ3v) is 10.00. The Morgan fingerprint density at radius 3 is 1.31 bits per heavy atom. The van der Waals surface area contributed by atoms with Crippen molar-refractivity contribution in [2.75, 3.05) is 9.80 Å². The maximum absolute atomic E-state index is 12.8. The fourth-order valence-electron chi connectivity index (χ4n) is 6.38. The Bertz CT molecular complexity index is 2310. The summed E-state index contributed by atoms with van der Waals surface area (Å²) in [5.41, 5.74) is 5.55. The summed E-state index contributed by atoms with van der Waals surface area (Å²) in [6.45, 7) is 0.989. The van der Waals surface area contributed by atoms with Crippen LogP contribution in [0.1, 0.15) is 34.3 Å². The van der Waals surface area contributed by atoms with Gasteiger partial charge in [-0.15, -0.1) is 0 Å². The van der Waals surface area contributed by atoms with E-state index in [1.807, 2.05) is 133 Å². The first-order valence-corrected chi connectivity index (χ1v) is 18.7. The molecule has 0 bridgehead atoms. The number of anilines is 2. The van der Waals surface area contributed by atoms with E-state index in [0.717, 1.165) is 27.9 Å². The van der Waals surface area contributed by atoms with Gasteiger partial charge in [0.1, 0.15) is 23.8 Å². The highest BCUT2D eigenvalue weighted by atomic mass is 35.5. The number of amidine groups is 2. The minimum Gasteiger partial charge on any atom is -0.294 e. The van der Waals surface area contributed by atoms with Gasteiger partial charge >= 0.3 is 12.1 Å². The van der Waals surface area contributed by atoms with Crippen molar-refractivity contribution in [3.8, 4) is 0 Å². The molecule has 8 nitrogen and oxygen atoms in total. The third-order valence-electron chi connectivity index (χ3n) is 9.01. The average Bonchev–Trinajstić information content (AvgIpc) is 3.74. The van der Waals surface area contributed by atoms with Crippen LogP contribution in [0.25, 0.3) is 0 Å². The molecule has 2 heterocycles. The van der Waals surface area contributed by atoms with Crippen molar-refractivity contribution >= 4 is 69.9 Å². The summed E-state index contributed by atoms with van der Waals surface area (Å²) < 4.78 is 0. The minimum atomic E-state index is -0.366. The van der Waals surface area contributed by atoms with Crippen LogP contribution in [0.3, 0.4) is 0 Å². The topological polar surface area (TPSA) is 89.4 Å². The molecule has 274 valence electrons. The molecule has 2 unspecified atom stereocenters. The second-order valence-corrected chi connectivity index (χ2v) is 13.9. The highest BCUT2D eigenvalue weighted by Gasteiger charge is 2.40. The third kappa shape index (κ3) is 8.90. The number of carbonyl (C=O) groups is 2. The number of nitrogens with one attached hydrogen (secondary N) is 2. The summed E-state index contributed by atoms with van der Waals surface area (Å²) in [7, 11) is 0. The predicted octanol–water partition coefficient (Wildman–Crippen LogP) is 11.1. The molecular formula is C44H35Cl3N6O2. The standard InChI is InChI=1S/C22H17Cl2N3O.C22H18ClN3O/c23-18-12-11-17(13-19(18)24)27-20(16-9-5-2-6-10-16)21(26-22(27)28)25-14-15-7-3-1-4-8-15;23-18-11-13-19(14-12-18)26-20(17-9-5-2-6-10-17)21(25-22(26)27)24-15-16-7-3-1-4-8-16/h1-13,20H,14H2,(H,25,26,28);1-14,20H,15H2,(H,24,25,27). The SMILES string of the molecule is O=C1NC(=NCc2ccccc2)C(c2ccccc2)N1c1ccc(Cl)c(Cl)c1.O=C1NC(=NCc2ccccc2)C(c2ccccc2)N1c1ccc(Cl)cc1. The summed E-state index contributed by atoms with van der Waals surface area (Å²) in [5.74, 6) is 1.25. The van der Waals surface area contributed by atoms with Gasteiger partial charge in [0.25, 0.3) is 0 Å². The van der Waals surface area contributed by atoms with Crippen molar-refractivity contribution in [3.63, 3.8) is 0 Å². The van der Waals surface area contributed by atoms with E-state index in [9.17, 15) is 9.59 Å². The predicted molar refractivity (Wildman–Crippen MR) is 223 cm³/mol. The van der Waals surface area contributed by atoms with E-state index in [-0.39, 0.29) is 24.1 Å². The molecule has 2 saturated heterocycles. The van der Waals surface area contributed by atoms with Gasteiger partial charge in [0.05, 0.1) is 23.1 Å². The number of nitrogens with zero attached hydrogens (tertiary/aromatic N) is 4. The fraction of sp³-hybridized carbons (Fsp3) is 0.0909. The first-order chi connectivity index (χ1) is 26.9. The lowest BCUT2D eigenvalue weighted by molar-refractivity contribution is 0.251. The molecule has 4 amide bonds. The van der Waals surface area contributed by atoms with E-state index in [2.05, 4.69) is 10.6 Å². The van der Waals surface area contributed by atoms with Crippen molar-refractivity contribution in [3.05, 3.63) is 201 Å². The molecule has 0 saturated carbocycles. The van der Waals surface area contributed by atoms with E-state index in [1.165, 1.54) is 0 Å². The van der Waals surface area contributed by atoms with E-state index in [4.69, 9.17) is 44.8 Å². The molecule has 6 aromatic rings. The van der Waals surface area contributed by atoms with Crippen LogP contribution in [0.4, 0.5) is 21.0 Å². The molecule has 2 N–H and O–H groups in total. The van der Waals surface area contributed by atoms with Crippen LogP contribution in [0, 0.1) is 0 Å². The van der Waals surface area contributed by atoms with Gasteiger partial charge in [-0.05, 0) is 64.7 Å². The highest BCUT2D eigenvalue weighted by Crippen LogP contribution is 2.36. The Balaban J connectivity index is 0.000000169. The number of carbonyl (C=O) groups excluding carboxylic acids is 2. The van der Waals surface area contributed by atoms with E-state index in [1.54, 1.807) is 40.1 Å². The lowest BCUT2D eigenvalue weighted by atomic mass is 10.0. The number of benzene rings is 6. The molecule has 6 aromatic carbocycles. The Hall–Kier alpha value is -5.93. The normalized spacial score (nSPS) is 17.9. The molecule has 0 aliphatic carbocycles. The smallest absolute Gasteiger partial charge is 0.294 e. The second-order valence-electron chi connectivity index (χ2n) is 12.7. The van der Waals surface area contributed by atoms with Crippen LogP contribution in [0.2, 0.25) is 15.1 Å². The van der Waals surface area contributed by atoms with Crippen LogP contribution >= 0.6 is 34.8 Å². The quantitative estimate of drug-likeness (QED) is 0.161. The average molecular weight is 786 g/mol. The summed E-state index contributed by atoms with van der Waals surface area (Å²) >= 11 is 18.3. The van der Waals surface area contributed by atoms with E-state index >= 15 is 0 Å². The fourth-order valence-corrected chi connectivity index (χ4v) is 6.80. The molecule has 0 aromatic heterocycles. The summed E-state index contributed by atoms with van der Waals surface area (Å²) in [6.07, 6.45) is 0. The zero-order valence-electron chi connectivity index (χ0n) is 29.4. The summed E-state index contributed by atoms with van der Waals surface area (Å²) in [5, 5.41) is 7.33. The van der Waals surface area contributed by atoms with E-state index < -0.39 is 0 Å². The summed E-state index contributed by atoms with van der Waals surface area (Å²) in [6, 6.07) is 50.9. The number of hydrogen-bond acceptors (Lipinski definition) is 4. The number of hydrogen-bond donors (Lipinski definition) is 2. The maximum atomic E-state index is 12.8.